The molecule has 7 aliphatic rings. The van der Waals surface area contributed by atoms with Gasteiger partial charge in [0.1, 0.15) is 48.8 Å². The highest BCUT2D eigenvalue weighted by atomic mass is 16.8. The summed E-state index contributed by atoms with van der Waals surface area (Å²) in [6.07, 6.45) is -8.65. The maximum atomic E-state index is 12.1. The van der Waals surface area contributed by atoms with Gasteiger partial charge < -0.3 is 69.3 Å². The molecule has 0 spiro atoms. The smallest absolute Gasteiger partial charge is 0.187 e. The number of fused-ring (bicyclic) bond motifs is 7. The fourth-order valence-electron chi connectivity index (χ4n) is 13.0. The van der Waals surface area contributed by atoms with Gasteiger partial charge in [-0.05, 0) is 85.4 Å². The summed E-state index contributed by atoms with van der Waals surface area (Å²) in [6, 6.07) is 0. The van der Waals surface area contributed by atoms with Crippen LogP contribution < -0.4 is 0 Å². The van der Waals surface area contributed by atoms with E-state index in [9.17, 15) is 40.9 Å². The Morgan fingerprint density at radius 2 is 1.36 bits per heavy atom. The first-order valence-electron chi connectivity index (χ1n) is 20.2. The summed E-state index contributed by atoms with van der Waals surface area (Å²) >= 11 is 0. The third-order valence-electron chi connectivity index (χ3n) is 15.6. The largest absolute Gasteiger partial charge is 0.394 e. The molecule has 0 bridgehead atoms. The lowest BCUT2D eigenvalue weighted by Crippen LogP contribution is -2.65. The molecule has 14 nitrogen and oxygen atoms in total. The molecule has 3 aliphatic heterocycles. The summed E-state index contributed by atoms with van der Waals surface area (Å²) in [5.41, 5.74) is -0.0146. The van der Waals surface area contributed by atoms with Crippen LogP contribution in [0.3, 0.4) is 0 Å². The second-order valence-corrected chi connectivity index (χ2v) is 18.7. The number of ether oxygens (including phenoxy) is 6. The van der Waals surface area contributed by atoms with Crippen LogP contribution >= 0.6 is 0 Å². The van der Waals surface area contributed by atoms with Crippen molar-refractivity contribution in [2.75, 3.05) is 20.3 Å². The zero-order valence-corrected chi connectivity index (χ0v) is 32.1. The van der Waals surface area contributed by atoms with Crippen LogP contribution in [0.1, 0.15) is 86.0 Å². The zero-order chi connectivity index (χ0) is 38.4. The van der Waals surface area contributed by atoms with E-state index in [2.05, 4.69) is 34.6 Å². The minimum absolute atomic E-state index is 0.0327. The van der Waals surface area contributed by atoms with E-state index >= 15 is 0 Å². The number of aliphatic hydroxyl groups is 8. The molecule has 7 fully saturated rings. The van der Waals surface area contributed by atoms with E-state index in [1.807, 2.05) is 0 Å². The average Bonchev–Trinajstić information content (AvgIpc) is 3.54. The first kappa shape index (κ1) is 40.6. The number of hydrogen-bond donors (Lipinski definition) is 8. The van der Waals surface area contributed by atoms with Gasteiger partial charge in [-0.25, -0.2) is 0 Å². The zero-order valence-electron chi connectivity index (χ0n) is 32.1. The van der Waals surface area contributed by atoms with Gasteiger partial charge in [-0.1, -0.05) is 34.6 Å². The van der Waals surface area contributed by atoms with Crippen LogP contribution in [0, 0.1) is 52.3 Å². The average molecular weight is 759 g/mol. The fourth-order valence-corrected chi connectivity index (χ4v) is 13.0. The quantitative estimate of drug-likeness (QED) is 0.152. The van der Waals surface area contributed by atoms with Crippen LogP contribution in [-0.2, 0) is 28.4 Å². The summed E-state index contributed by atoms with van der Waals surface area (Å²) in [5.74, 6) is 1.43. The molecule has 22 atom stereocenters. The van der Waals surface area contributed by atoms with Gasteiger partial charge >= 0.3 is 0 Å². The van der Waals surface area contributed by atoms with Crippen LogP contribution in [-0.4, -0.2) is 147 Å². The predicted octanol–water partition coefficient (Wildman–Crippen LogP) is 0.659. The Hall–Kier alpha value is -0.560. The highest BCUT2D eigenvalue weighted by molar-refractivity contribution is 5.18. The van der Waals surface area contributed by atoms with E-state index in [0.29, 0.717) is 30.1 Å². The van der Waals surface area contributed by atoms with Crippen molar-refractivity contribution < 1.29 is 69.3 Å². The number of methoxy groups -OCH3 is 1. The molecule has 7 rings (SSSR count). The predicted molar refractivity (Wildman–Crippen MR) is 186 cm³/mol. The van der Waals surface area contributed by atoms with Crippen molar-refractivity contribution in [1.82, 2.24) is 0 Å². The van der Waals surface area contributed by atoms with Crippen LogP contribution in [0.25, 0.3) is 0 Å². The third kappa shape index (κ3) is 6.47. The molecule has 4 saturated carbocycles. The van der Waals surface area contributed by atoms with Crippen molar-refractivity contribution in [2.45, 2.75) is 171 Å². The van der Waals surface area contributed by atoms with E-state index in [0.717, 1.165) is 44.9 Å². The van der Waals surface area contributed by atoms with Crippen molar-refractivity contribution in [3.8, 4) is 0 Å². The van der Waals surface area contributed by atoms with Crippen LogP contribution in [0.4, 0.5) is 0 Å². The number of rotatable bonds is 9. The van der Waals surface area contributed by atoms with Crippen LogP contribution in [0.15, 0.2) is 0 Å². The first-order chi connectivity index (χ1) is 25.0. The molecule has 0 radical (unpaired) electrons. The molecular weight excluding hydrogens is 692 g/mol. The maximum absolute atomic E-state index is 12.1. The Balaban J connectivity index is 1.05. The van der Waals surface area contributed by atoms with E-state index in [1.54, 1.807) is 7.11 Å². The normalized spacial score (nSPS) is 56.8. The van der Waals surface area contributed by atoms with E-state index < -0.39 is 86.5 Å². The van der Waals surface area contributed by atoms with Gasteiger partial charge in [-0.2, -0.15) is 0 Å². The molecule has 306 valence electrons. The number of aliphatic hydroxyl groups excluding tert-OH is 8. The molecule has 14 heteroatoms. The van der Waals surface area contributed by atoms with Gasteiger partial charge in [0, 0.05) is 25.4 Å². The molecule has 7 unspecified atom stereocenters. The molecular formula is C39H66O14. The highest BCUT2D eigenvalue weighted by Gasteiger charge is 2.72. The third-order valence-corrected chi connectivity index (χ3v) is 15.6. The van der Waals surface area contributed by atoms with Crippen LogP contribution in [0.2, 0.25) is 0 Å². The van der Waals surface area contributed by atoms with E-state index in [4.69, 9.17) is 28.4 Å². The van der Waals surface area contributed by atoms with E-state index in [1.165, 1.54) is 0 Å². The molecule has 0 aromatic carbocycles. The van der Waals surface area contributed by atoms with Crippen molar-refractivity contribution in [1.29, 1.82) is 0 Å². The SMILES string of the molecule is COC1(CC(C)C)OC2C([C@@H]1C)[C@@]1(C)CCC3C(CC[C@@H]4CC(O[C@@H]5O[C@H](CO)[C@H](O)[C@H](O)[C@H]5O[C@@H]5O[C@H](CO)[C@@H](O)[C@H](O)[C@H]5O)CC[C@]34C)C1[C@H]2O. The Bertz CT molecular complexity index is 1270. The van der Waals surface area contributed by atoms with Gasteiger partial charge in [-0.15, -0.1) is 0 Å². The molecule has 0 aromatic heterocycles. The monoisotopic (exact) mass is 758 g/mol. The van der Waals surface area contributed by atoms with Gasteiger partial charge in [0.05, 0.1) is 31.5 Å². The van der Waals surface area contributed by atoms with Gasteiger partial charge in [-0.3, -0.25) is 0 Å². The Morgan fingerprint density at radius 1 is 0.717 bits per heavy atom. The summed E-state index contributed by atoms with van der Waals surface area (Å²) < 4.78 is 36.9. The lowest BCUT2D eigenvalue weighted by molar-refractivity contribution is -0.373. The summed E-state index contributed by atoms with van der Waals surface area (Å²) in [7, 11) is 1.75. The van der Waals surface area contributed by atoms with Gasteiger partial charge in [0.2, 0.25) is 0 Å². The summed E-state index contributed by atoms with van der Waals surface area (Å²) in [6.45, 7) is 10.2. The molecule has 0 amide bonds. The van der Waals surface area contributed by atoms with Crippen molar-refractivity contribution in [3.05, 3.63) is 0 Å². The van der Waals surface area contributed by atoms with Crippen molar-refractivity contribution in [2.24, 2.45) is 52.3 Å². The minimum atomic E-state index is -1.73. The molecule has 3 saturated heterocycles. The Kier molecular flexibility index (Phi) is 11.5. The second kappa shape index (κ2) is 15.0. The molecule has 8 N–H and O–H groups in total. The Morgan fingerprint density at radius 3 is 2.00 bits per heavy atom. The Labute approximate surface area is 313 Å². The molecule has 3 heterocycles. The van der Waals surface area contributed by atoms with Crippen molar-refractivity contribution in [3.63, 3.8) is 0 Å². The minimum Gasteiger partial charge on any atom is -0.394 e. The molecule has 53 heavy (non-hydrogen) atoms. The number of hydrogen-bond acceptors (Lipinski definition) is 14. The molecule has 4 aliphatic carbocycles. The highest BCUT2D eigenvalue weighted by Crippen LogP contribution is 2.71. The summed E-state index contributed by atoms with van der Waals surface area (Å²) in [4.78, 5) is 0. The maximum Gasteiger partial charge on any atom is 0.187 e. The lowest BCUT2D eigenvalue weighted by Gasteiger charge is -2.61. The van der Waals surface area contributed by atoms with Gasteiger partial charge in [0.15, 0.2) is 18.4 Å². The van der Waals surface area contributed by atoms with Crippen molar-refractivity contribution >= 4 is 0 Å². The summed E-state index contributed by atoms with van der Waals surface area (Å²) in [5, 5.41) is 84.8. The van der Waals surface area contributed by atoms with Crippen LogP contribution in [0.5, 0.6) is 0 Å². The standard InChI is InChI=1S/C39H66O14/c1-17(2)14-39(48-6)18(3)25-33(53-39)29(44)26-21-8-7-19-13-20(9-11-37(19,4)22(21)10-12-38(25,26)5)49-36-34(31(46)28(43)24(16-41)51-36)52-35-32(47)30(45)27(42)23(15-40)50-35/h17-36,40-47H,7-16H2,1-6H3/t18-,19+,20?,21?,22?,23+,24+,25?,26?,27+,28-,29+,30-,31-,32+,33?,34+,35-,36+,37-,38+,39?/m0/s1. The first-order valence-corrected chi connectivity index (χ1v) is 20.2. The van der Waals surface area contributed by atoms with Gasteiger partial charge in [0.25, 0.3) is 0 Å². The van der Waals surface area contributed by atoms with E-state index in [-0.39, 0.29) is 40.8 Å². The second-order valence-electron chi connectivity index (χ2n) is 18.7. The topological polar surface area (TPSA) is 217 Å². The lowest BCUT2D eigenvalue weighted by atomic mass is 9.44. The molecule has 0 aromatic rings. The fraction of sp³-hybridized carbons (Fsp3) is 1.00.